The Morgan fingerprint density at radius 1 is 1.39 bits per heavy atom. The van der Waals surface area contributed by atoms with Gasteiger partial charge in [-0.05, 0) is 18.4 Å². The zero-order valence-electron chi connectivity index (χ0n) is 17.3. The summed E-state index contributed by atoms with van der Waals surface area (Å²) in [6, 6.07) is 10.6. The molecule has 2 amide bonds. The van der Waals surface area contributed by atoms with Crippen molar-refractivity contribution in [1.82, 2.24) is 20.5 Å². The number of pyridine rings is 1. The molecular weight excluding hydrogens is 396 g/mol. The number of benzene rings is 1. The highest BCUT2D eigenvalue weighted by atomic mass is 16.5. The number of hydrogen-bond donors (Lipinski definition) is 4. The zero-order valence-corrected chi connectivity index (χ0v) is 17.3. The molecule has 4 N–H and O–H groups in total. The van der Waals surface area contributed by atoms with E-state index in [4.69, 9.17) is 4.74 Å². The first-order chi connectivity index (χ1) is 15.1. The number of morpholine rings is 1. The van der Waals surface area contributed by atoms with Crippen molar-refractivity contribution in [1.29, 1.82) is 0 Å². The van der Waals surface area contributed by atoms with Gasteiger partial charge in [0.25, 0.3) is 0 Å². The number of amides is 2. The van der Waals surface area contributed by atoms with E-state index in [1.54, 1.807) is 12.3 Å². The Bertz CT molecular complexity index is 1070. The molecule has 0 spiro atoms. The van der Waals surface area contributed by atoms with Crippen molar-refractivity contribution < 1.29 is 14.6 Å². The average molecular weight is 422 g/mol. The van der Waals surface area contributed by atoms with Gasteiger partial charge in [0.1, 0.15) is 5.82 Å². The summed E-state index contributed by atoms with van der Waals surface area (Å²) in [5.41, 5.74) is 1.65. The van der Waals surface area contributed by atoms with Gasteiger partial charge in [0.05, 0.1) is 41.8 Å². The molecule has 0 saturated carbocycles. The SMILES string of the molecule is CCC(O)[C@@H](NC(=O)Nc1cc2[nH]nc(N3CC4CC3CO4)c2cn1)c1ccccc1. The maximum atomic E-state index is 12.6. The molecule has 3 aromatic rings. The van der Waals surface area contributed by atoms with Gasteiger partial charge < -0.3 is 20.1 Å². The number of nitrogens with one attached hydrogen (secondary N) is 3. The van der Waals surface area contributed by atoms with E-state index in [9.17, 15) is 9.90 Å². The number of carbonyl (C=O) groups is 1. The maximum absolute atomic E-state index is 12.6. The Labute approximate surface area is 179 Å². The number of nitrogens with zero attached hydrogens (tertiary/aromatic N) is 3. The third-order valence-electron chi connectivity index (χ3n) is 6.09. The molecule has 4 atom stereocenters. The molecule has 2 saturated heterocycles. The second-order valence-electron chi connectivity index (χ2n) is 8.12. The number of ether oxygens (including phenoxy) is 1. The molecule has 31 heavy (non-hydrogen) atoms. The van der Waals surface area contributed by atoms with Crippen LogP contribution in [-0.2, 0) is 4.74 Å². The first kappa shape index (κ1) is 19.8. The molecule has 9 heteroatoms. The van der Waals surface area contributed by atoms with Crippen molar-refractivity contribution in [3.8, 4) is 0 Å². The smallest absolute Gasteiger partial charge is 0.320 e. The number of aromatic nitrogens is 3. The predicted molar refractivity (Wildman–Crippen MR) is 117 cm³/mol. The van der Waals surface area contributed by atoms with Gasteiger partial charge in [0.15, 0.2) is 5.82 Å². The molecule has 5 rings (SSSR count). The van der Waals surface area contributed by atoms with Gasteiger partial charge in [-0.25, -0.2) is 9.78 Å². The monoisotopic (exact) mass is 422 g/mol. The van der Waals surface area contributed by atoms with Crippen LogP contribution >= 0.6 is 0 Å². The molecule has 2 aliphatic rings. The molecule has 1 aromatic carbocycles. The lowest BCUT2D eigenvalue weighted by Gasteiger charge is -2.26. The van der Waals surface area contributed by atoms with E-state index in [0.717, 1.165) is 41.9 Å². The third kappa shape index (κ3) is 3.82. The van der Waals surface area contributed by atoms with E-state index in [0.29, 0.717) is 18.3 Å². The van der Waals surface area contributed by atoms with Crippen molar-refractivity contribution in [3.63, 3.8) is 0 Å². The summed E-state index contributed by atoms with van der Waals surface area (Å²) in [6.45, 7) is 3.45. The Morgan fingerprint density at radius 2 is 2.23 bits per heavy atom. The van der Waals surface area contributed by atoms with Crippen LogP contribution in [0.5, 0.6) is 0 Å². The topological polar surface area (TPSA) is 115 Å². The fourth-order valence-electron chi connectivity index (χ4n) is 4.44. The van der Waals surface area contributed by atoms with Gasteiger partial charge in [-0.3, -0.25) is 10.4 Å². The van der Waals surface area contributed by atoms with E-state index in [2.05, 4.69) is 30.7 Å². The summed E-state index contributed by atoms with van der Waals surface area (Å²) in [4.78, 5) is 19.3. The average Bonchev–Trinajstić information content (AvgIpc) is 3.52. The minimum absolute atomic E-state index is 0.283. The second kappa shape index (κ2) is 8.16. The summed E-state index contributed by atoms with van der Waals surface area (Å²) < 4.78 is 5.68. The Morgan fingerprint density at radius 3 is 2.94 bits per heavy atom. The van der Waals surface area contributed by atoms with Gasteiger partial charge in [0.2, 0.25) is 0 Å². The lowest BCUT2D eigenvalue weighted by atomic mass is 10.00. The van der Waals surface area contributed by atoms with E-state index < -0.39 is 18.2 Å². The van der Waals surface area contributed by atoms with Gasteiger partial charge in [-0.1, -0.05) is 37.3 Å². The van der Waals surface area contributed by atoms with Crippen LogP contribution in [0.4, 0.5) is 16.4 Å². The highest BCUT2D eigenvalue weighted by Gasteiger charge is 2.40. The molecule has 2 aromatic heterocycles. The standard InChI is InChI=1S/C22H26N6O3/c1-2-18(29)20(13-6-4-3-5-7-13)25-22(30)24-19-9-17-16(10-23-19)21(27-26-17)28-11-15-8-14(28)12-31-15/h3-7,9-10,14-15,18,20,29H,2,8,11-12H2,1H3,(H,26,27)(H2,23,24,25,30)/t14?,15?,18?,20-/m0/s1. The van der Waals surface area contributed by atoms with Crippen LogP contribution < -0.4 is 15.5 Å². The minimum atomic E-state index is -0.696. The van der Waals surface area contributed by atoms with E-state index in [1.807, 2.05) is 37.3 Å². The number of aliphatic hydroxyl groups excluding tert-OH is 1. The molecular formula is C22H26N6O3. The number of urea groups is 1. The van der Waals surface area contributed by atoms with Crippen molar-refractivity contribution in [2.24, 2.45) is 0 Å². The number of rotatable bonds is 6. The second-order valence-corrected chi connectivity index (χ2v) is 8.12. The molecule has 9 nitrogen and oxygen atoms in total. The van der Waals surface area contributed by atoms with Crippen LogP contribution in [0.3, 0.4) is 0 Å². The lowest BCUT2D eigenvalue weighted by Crippen LogP contribution is -2.38. The van der Waals surface area contributed by atoms with Crippen LogP contribution in [0.1, 0.15) is 31.4 Å². The molecule has 162 valence electrons. The predicted octanol–water partition coefficient (Wildman–Crippen LogP) is 2.57. The largest absolute Gasteiger partial charge is 0.391 e. The molecule has 2 bridgehead atoms. The van der Waals surface area contributed by atoms with E-state index >= 15 is 0 Å². The summed E-state index contributed by atoms with van der Waals surface area (Å²) in [5, 5.41) is 24.5. The highest BCUT2D eigenvalue weighted by Crippen LogP contribution is 2.35. The van der Waals surface area contributed by atoms with Gasteiger partial charge >= 0.3 is 6.03 Å². The maximum Gasteiger partial charge on any atom is 0.320 e. The number of aliphatic hydroxyl groups is 1. The molecule has 4 heterocycles. The van der Waals surface area contributed by atoms with Crippen LogP contribution in [0.15, 0.2) is 42.6 Å². The van der Waals surface area contributed by atoms with Crippen molar-refractivity contribution in [3.05, 3.63) is 48.2 Å². The normalized spacial score (nSPS) is 21.9. The quantitative estimate of drug-likeness (QED) is 0.485. The number of carbonyl (C=O) groups excluding carboxylic acids is 1. The number of anilines is 2. The number of aromatic amines is 1. The third-order valence-corrected chi connectivity index (χ3v) is 6.09. The first-order valence-electron chi connectivity index (χ1n) is 10.6. The number of fused-ring (bicyclic) bond motifs is 3. The molecule has 0 aliphatic carbocycles. The minimum Gasteiger partial charge on any atom is -0.391 e. The van der Waals surface area contributed by atoms with Crippen LogP contribution in [0.25, 0.3) is 10.9 Å². The van der Waals surface area contributed by atoms with Crippen molar-refractivity contribution >= 4 is 28.6 Å². The Kier molecular flexibility index (Phi) is 5.21. The fraction of sp³-hybridized carbons (Fsp3) is 0.409. The summed E-state index contributed by atoms with van der Waals surface area (Å²) in [7, 11) is 0. The van der Waals surface area contributed by atoms with Crippen LogP contribution in [-0.4, -0.2) is 57.7 Å². The highest BCUT2D eigenvalue weighted by molar-refractivity contribution is 5.94. The Hall–Kier alpha value is -3.17. The molecule has 0 radical (unpaired) electrons. The first-order valence-corrected chi connectivity index (χ1v) is 10.6. The lowest BCUT2D eigenvalue weighted by molar-refractivity contribution is 0.0989. The van der Waals surface area contributed by atoms with Gasteiger partial charge in [-0.15, -0.1) is 0 Å². The van der Waals surface area contributed by atoms with E-state index in [1.165, 1.54) is 0 Å². The fourth-order valence-corrected chi connectivity index (χ4v) is 4.44. The van der Waals surface area contributed by atoms with Crippen molar-refractivity contribution in [2.75, 3.05) is 23.4 Å². The molecule has 3 unspecified atom stereocenters. The van der Waals surface area contributed by atoms with Crippen LogP contribution in [0.2, 0.25) is 0 Å². The number of hydrogen-bond acceptors (Lipinski definition) is 6. The summed E-state index contributed by atoms with van der Waals surface area (Å²) in [6.07, 6.45) is 2.87. The van der Waals surface area contributed by atoms with Crippen molar-refractivity contribution in [2.45, 2.75) is 44.1 Å². The Balaban J connectivity index is 1.30. The zero-order chi connectivity index (χ0) is 21.4. The van der Waals surface area contributed by atoms with E-state index in [-0.39, 0.29) is 6.10 Å². The molecule has 2 aliphatic heterocycles. The molecule has 2 fully saturated rings. The number of H-pyrrole nitrogens is 1. The summed E-state index contributed by atoms with van der Waals surface area (Å²) in [5.74, 6) is 1.29. The van der Waals surface area contributed by atoms with Gasteiger partial charge in [-0.2, -0.15) is 5.10 Å². The van der Waals surface area contributed by atoms with Crippen LogP contribution in [0, 0.1) is 0 Å². The summed E-state index contributed by atoms with van der Waals surface area (Å²) >= 11 is 0. The van der Waals surface area contributed by atoms with Gasteiger partial charge in [0, 0.05) is 18.8 Å².